The van der Waals surface area contributed by atoms with Crippen LogP contribution in [0, 0.1) is 0 Å². The summed E-state index contributed by atoms with van der Waals surface area (Å²) in [5.74, 6) is 0. The Balaban J connectivity index is 3.24. The monoisotopic (exact) mass is 224 g/mol. The van der Waals surface area contributed by atoms with Gasteiger partial charge in [0.05, 0.1) is 5.56 Å². The fourth-order valence-electron chi connectivity index (χ4n) is 1.03. The van der Waals surface area contributed by atoms with Crippen LogP contribution in [-0.4, -0.2) is 6.66 Å². The van der Waals surface area contributed by atoms with Crippen molar-refractivity contribution in [3.63, 3.8) is 0 Å². The SMILES string of the molecule is CPc1cccc(C(F)(F)F)c1P. The van der Waals surface area contributed by atoms with Crippen LogP contribution in [0.5, 0.6) is 0 Å². The van der Waals surface area contributed by atoms with E-state index in [2.05, 4.69) is 9.24 Å². The highest BCUT2D eigenvalue weighted by molar-refractivity contribution is 7.49. The summed E-state index contributed by atoms with van der Waals surface area (Å²) < 4.78 is 37.1. The van der Waals surface area contributed by atoms with Crippen molar-refractivity contribution in [2.24, 2.45) is 0 Å². The molecular weight excluding hydrogens is 215 g/mol. The third kappa shape index (κ3) is 2.42. The number of hydrogen-bond acceptors (Lipinski definition) is 0. The number of halogens is 3. The minimum absolute atomic E-state index is 0.274. The van der Waals surface area contributed by atoms with Crippen LogP contribution in [0.4, 0.5) is 13.2 Å². The van der Waals surface area contributed by atoms with Gasteiger partial charge in [0.15, 0.2) is 0 Å². The topological polar surface area (TPSA) is 0 Å². The van der Waals surface area contributed by atoms with Crippen LogP contribution in [0.2, 0.25) is 0 Å². The van der Waals surface area contributed by atoms with Gasteiger partial charge < -0.3 is 0 Å². The van der Waals surface area contributed by atoms with Crippen molar-refractivity contribution in [2.45, 2.75) is 6.18 Å². The molecule has 0 saturated carbocycles. The maximum Gasteiger partial charge on any atom is 0.417 e. The van der Waals surface area contributed by atoms with Crippen LogP contribution in [0.1, 0.15) is 5.56 Å². The molecule has 0 fully saturated rings. The Labute approximate surface area is 78.9 Å². The minimum Gasteiger partial charge on any atom is -0.166 e. The Bertz CT molecular complexity index is 307. The second-order valence-corrected chi connectivity index (χ2v) is 4.13. The first-order chi connectivity index (χ1) is 5.96. The zero-order valence-corrected chi connectivity index (χ0v) is 9.10. The average molecular weight is 224 g/mol. The van der Waals surface area contributed by atoms with Crippen LogP contribution in [0.15, 0.2) is 18.2 Å². The summed E-state index contributed by atoms with van der Waals surface area (Å²) >= 11 is 0. The highest BCUT2D eigenvalue weighted by atomic mass is 31.1. The second-order valence-electron chi connectivity index (χ2n) is 2.51. The maximum atomic E-state index is 12.4. The summed E-state index contributed by atoms with van der Waals surface area (Å²) in [4.78, 5) is 0. The van der Waals surface area contributed by atoms with Gasteiger partial charge in [0.2, 0.25) is 0 Å². The molecule has 2 unspecified atom stereocenters. The smallest absolute Gasteiger partial charge is 0.166 e. The van der Waals surface area contributed by atoms with Crippen LogP contribution < -0.4 is 10.6 Å². The first-order valence-corrected chi connectivity index (χ1v) is 5.68. The summed E-state index contributed by atoms with van der Waals surface area (Å²) in [7, 11) is 2.55. The van der Waals surface area contributed by atoms with Crippen molar-refractivity contribution in [1.29, 1.82) is 0 Å². The van der Waals surface area contributed by atoms with E-state index in [1.807, 2.05) is 6.66 Å². The van der Waals surface area contributed by atoms with Crippen molar-refractivity contribution >= 4 is 28.4 Å². The van der Waals surface area contributed by atoms with E-state index in [1.165, 1.54) is 6.07 Å². The van der Waals surface area contributed by atoms with Gasteiger partial charge in [-0.2, -0.15) is 13.2 Å². The Hall–Kier alpha value is -0.130. The van der Waals surface area contributed by atoms with Gasteiger partial charge >= 0.3 is 6.18 Å². The number of rotatable bonds is 1. The average Bonchev–Trinajstić information content (AvgIpc) is 2.02. The van der Waals surface area contributed by atoms with E-state index < -0.39 is 11.7 Å². The van der Waals surface area contributed by atoms with Gasteiger partial charge in [-0.3, -0.25) is 0 Å². The summed E-state index contributed by atoms with van der Waals surface area (Å²) in [6.45, 7) is 1.86. The van der Waals surface area contributed by atoms with Crippen molar-refractivity contribution in [1.82, 2.24) is 0 Å². The van der Waals surface area contributed by atoms with Gasteiger partial charge in [0, 0.05) is 0 Å². The molecular formula is C8H9F3P2. The molecule has 0 amide bonds. The predicted molar refractivity (Wildman–Crippen MR) is 54.7 cm³/mol. The van der Waals surface area contributed by atoms with E-state index in [9.17, 15) is 13.2 Å². The zero-order valence-electron chi connectivity index (χ0n) is 6.94. The largest absolute Gasteiger partial charge is 0.417 e. The van der Waals surface area contributed by atoms with Crippen molar-refractivity contribution in [2.75, 3.05) is 6.66 Å². The van der Waals surface area contributed by atoms with Crippen molar-refractivity contribution < 1.29 is 13.2 Å². The molecule has 0 aliphatic rings. The molecule has 1 rings (SSSR count). The molecule has 2 atom stereocenters. The van der Waals surface area contributed by atoms with Crippen LogP contribution >= 0.6 is 17.8 Å². The normalized spacial score (nSPS) is 12.7. The van der Waals surface area contributed by atoms with Crippen LogP contribution in [0.25, 0.3) is 0 Å². The number of alkyl halides is 3. The molecule has 0 nitrogen and oxygen atoms in total. The lowest BCUT2D eigenvalue weighted by Gasteiger charge is -2.12. The van der Waals surface area contributed by atoms with Gasteiger partial charge in [-0.25, -0.2) is 0 Å². The quantitative estimate of drug-likeness (QED) is 0.641. The summed E-state index contributed by atoms with van der Waals surface area (Å²) in [5.41, 5.74) is -0.552. The van der Waals surface area contributed by atoms with E-state index in [4.69, 9.17) is 0 Å². The molecule has 0 aliphatic heterocycles. The molecule has 0 saturated heterocycles. The van der Waals surface area contributed by atoms with Gasteiger partial charge in [0.25, 0.3) is 0 Å². The predicted octanol–water partition coefficient (Wildman–Crippen LogP) is 2.14. The lowest BCUT2D eigenvalue weighted by molar-refractivity contribution is -0.136. The summed E-state index contributed by atoms with van der Waals surface area (Å²) in [6.07, 6.45) is -4.24. The Kier molecular flexibility index (Phi) is 3.32. The van der Waals surface area contributed by atoms with E-state index in [1.54, 1.807) is 6.07 Å². The molecule has 0 aliphatic carbocycles. The van der Waals surface area contributed by atoms with Crippen LogP contribution in [-0.2, 0) is 6.18 Å². The lowest BCUT2D eigenvalue weighted by Crippen LogP contribution is -2.23. The molecule has 0 heterocycles. The molecule has 13 heavy (non-hydrogen) atoms. The lowest BCUT2D eigenvalue weighted by atomic mass is 10.2. The Morgan fingerprint density at radius 1 is 1.31 bits per heavy atom. The molecule has 72 valence electrons. The highest BCUT2D eigenvalue weighted by Crippen LogP contribution is 2.28. The Morgan fingerprint density at radius 3 is 2.38 bits per heavy atom. The standard InChI is InChI=1S/C8H9F3P2/c1-13-6-4-2-3-5(7(6)12)8(9,10)11/h2-4,13H,12H2,1H3. The van der Waals surface area contributed by atoms with Gasteiger partial charge in [-0.1, -0.05) is 20.7 Å². The number of benzene rings is 1. The first-order valence-electron chi connectivity index (χ1n) is 3.60. The van der Waals surface area contributed by atoms with Crippen molar-refractivity contribution in [3.05, 3.63) is 23.8 Å². The van der Waals surface area contributed by atoms with E-state index >= 15 is 0 Å². The third-order valence-corrected chi connectivity index (χ3v) is 3.57. The van der Waals surface area contributed by atoms with E-state index in [0.717, 1.165) is 11.4 Å². The molecule has 0 aromatic heterocycles. The first kappa shape index (κ1) is 10.9. The van der Waals surface area contributed by atoms with Crippen molar-refractivity contribution in [3.8, 4) is 0 Å². The van der Waals surface area contributed by atoms with Gasteiger partial charge in [0.1, 0.15) is 0 Å². The van der Waals surface area contributed by atoms with Gasteiger partial charge in [-0.05, 0) is 23.3 Å². The summed E-state index contributed by atoms with van der Waals surface area (Å²) in [6, 6.07) is 4.27. The molecule has 0 radical (unpaired) electrons. The van der Waals surface area contributed by atoms with Crippen LogP contribution in [0.3, 0.4) is 0 Å². The van der Waals surface area contributed by atoms with E-state index in [0.29, 0.717) is 8.58 Å². The fourth-order valence-corrected chi connectivity index (χ4v) is 2.49. The minimum atomic E-state index is -4.24. The molecule has 1 aromatic carbocycles. The summed E-state index contributed by atoms with van der Waals surface area (Å²) in [5, 5.41) is 1.02. The molecule has 0 bridgehead atoms. The highest BCUT2D eigenvalue weighted by Gasteiger charge is 2.32. The second kappa shape index (κ2) is 3.94. The Morgan fingerprint density at radius 2 is 1.92 bits per heavy atom. The molecule has 1 aromatic rings. The maximum absolute atomic E-state index is 12.4. The zero-order chi connectivity index (χ0) is 10.1. The molecule has 0 N–H and O–H groups in total. The molecule has 0 spiro atoms. The van der Waals surface area contributed by atoms with E-state index in [-0.39, 0.29) is 5.30 Å². The third-order valence-electron chi connectivity index (χ3n) is 1.68. The fraction of sp³-hybridized carbons (Fsp3) is 0.250. The molecule has 5 heteroatoms. The van der Waals surface area contributed by atoms with Gasteiger partial charge in [-0.15, -0.1) is 9.24 Å². The number of hydrogen-bond donors (Lipinski definition) is 0.